The quantitative estimate of drug-likeness (QED) is 0.808. The summed E-state index contributed by atoms with van der Waals surface area (Å²) >= 11 is 0. The van der Waals surface area contributed by atoms with Gasteiger partial charge in [0.25, 0.3) is 0 Å². The summed E-state index contributed by atoms with van der Waals surface area (Å²) in [4.78, 5) is 13.4. The van der Waals surface area contributed by atoms with Crippen LogP contribution in [0.25, 0.3) is 0 Å². The summed E-state index contributed by atoms with van der Waals surface area (Å²) in [6.07, 6.45) is -4.69. The van der Waals surface area contributed by atoms with Crippen LogP contribution in [0.1, 0.15) is 29.1 Å². The van der Waals surface area contributed by atoms with Gasteiger partial charge in [-0.2, -0.15) is 13.2 Å². The molecule has 0 spiro atoms. The van der Waals surface area contributed by atoms with Gasteiger partial charge in [0.05, 0.1) is 0 Å². The minimum Gasteiger partial charge on any atom is -0.475 e. The van der Waals surface area contributed by atoms with Gasteiger partial charge < -0.3 is 9.52 Å². The molecule has 0 fully saturated rings. The summed E-state index contributed by atoms with van der Waals surface area (Å²) in [6.45, 7) is 1.51. The molecule has 0 aliphatic carbocycles. The first-order valence-electron chi connectivity index (χ1n) is 3.66. The Labute approximate surface area is 76.4 Å². The fourth-order valence-electron chi connectivity index (χ4n) is 0.853. The maximum absolute atomic E-state index is 12.2. The SMILES string of the molecule is CCc1nc(C(F)(F)F)c(C(=O)O)o1. The summed E-state index contributed by atoms with van der Waals surface area (Å²) in [6, 6.07) is 0. The number of nitrogens with zero attached hydrogens (tertiary/aromatic N) is 1. The minimum atomic E-state index is -4.80. The van der Waals surface area contributed by atoms with Crippen LogP contribution in [-0.4, -0.2) is 16.1 Å². The highest BCUT2D eigenvalue weighted by atomic mass is 19.4. The number of aromatic carboxylic acids is 1. The molecule has 0 amide bonds. The molecule has 0 aromatic carbocycles. The number of carboxylic acids is 1. The van der Waals surface area contributed by atoms with Crippen LogP contribution < -0.4 is 0 Å². The van der Waals surface area contributed by atoms with E-state index in [1.165, 1.54) is 6.92 Å². The molecule has 0 atom stereocenters. The minimum absolute atomic E-state index is 0.107. The monoisotopic (exact) mass is 209 g/mol. The Hall–Kier alpha value is -1.53. The number of aryl methyl sites for hydroxylation is 1. The van der Waals surface area contributed by atoms with Crippen LogP contribution in [0, 0.1) is 0 Å². The Morgan fingerprint density at radius 2 is 2.14 bits per heavy atom. The lowest BCUT2D eigenvalue weighted by atomic mass is 10.3. The lowest BCUT2D eigenvalue weighted by Crippen LogP contribution is -2.11. The van der Waals surface area contributed by atoms with Crippen molar-refractivity contribution in [3.63, 3.8) is 0 Å². The number of alkyl halides is 3. The predicted molar refractivity (Wildman–Crippen MR) is 37.8 cm³/mol. The molecule has 1 N–H and O–H groups in total. The lowest BCUT2D eigenvalue weighted by molar-refractivity contribution is -0.141. The highest BCUT2D eigenvalue weighted by Crippen LogP contribution is 2.31. The maximum atomic E-state index is 12.2. The molecule has 0 saturated carbocycles. The zero-order valence-corrected chi connectivity index (χ0v) is 7.05. The van der Waals surface area contributed by atoms with Crippen molar-refractivity contribution in [2.45, 2.75) is 19.5 Å². The van der Waals surface area contributed by atoms with Gasteiger partial charge in [0.2, 0.25) is 5.76 Å². The highest BCUT2D eigenvalue weighted by molar-refractivity contribution is 5.85. The number of carboxylic acid groups (broad SMARTS) is 1. The first-order valence-corrected chi connectivity index (χ1v) is 3.66. The molecule has 1 aromatic heterocycles. The van der Waals surface area contributed by atoms with E-state index in [1.807, 2.05) is 0 Å². The van der Waals surface area contributed by atoms with Crippen molar-refractivity contribution in [1.82, 2.24) is 4.98 Å². The summed E-state index contributed by atoms with van der Waals surface area (Å²) in [5.74, 6) is -3.17. The predicted octanol–water partition coefficient (Wildman–Crippen LogP) is 1.95. The molecule has 1 rings (SSSR count). The van der Waals surface area contributed by atoms with Crippen LogP contribution in [0.15, 0.2) is 4.42 Å². The first kappa shape index (κ1) is 10.6. The normalized spacial score (nSPS) is 11.7. The topological polar surface area (TPSA) is 63.3 Å². The van der Waals surface area contributed by atoms with Gasteiger partial charge in [0.1, 0.15) is 0 Å². The Kier molecular flexibility index (Phi) is 2.50. The van der Waals surface area contributed by atoms with Crippen molar-refractivity contribution < 1.29 is 27.5 Å². The van der Waals surface area contributed by atoms with E-state index in [4.69, 9.17) is 5.11 Å². The lowest BCUT2D eigenvalue weighted by Gasteiger charge is -2.00. The molecule has 7 heteroatoms. The van der Waals surface area contributed by atoms with Crippen LogP contribution >= 0.6 is 0 Å². The van der Waals surface area contributed by atoms with Crippen molar-refractivity contribution in [1.29, 1.82) is 0 Å². The van der Waals surface area contributed by atoms with E-state index in [9.17, 15) is 18.0 Å². The van der Waals surface area contributed by atoms with Gasteiger partial charge >= 0.3 is 12.1 Å². The number of rotatable bonds is 2. The summed E-state index contributed by atoms with van der Waals surface area (Å²) in [5, 5.41) is 8.40. The van der Waals surface area contributed by atoms with Crippen LogP contribution in [0.2, 0.25) is 0 Å². The molecule has 0 aliphatic heterocycles. The van der Waals surface area contributed by atoms with Gasteiger partial charge in [0.15, 0.2) is 11.6 Å². The number of carbonyl (C=O) groups is 1. The molecular weight excluding hydrogens is 203 g/mol. The van der Waals surface area contributed by atoms with Crippen molar-refractivity contribution in [2.75, 3.05) is 0 Å². The number of halogens is 3. The number of oxazole rings is 1. The van der Waals surface area contributed by atoms with Gasteiger partial charge in [-0.3, -0.25) is 0 Å². The smallest absolute Gasteiger partial charge is 0.437 e. The third-order valence-electron chi connectivity index (χ3n) is 1.44. The number of hydrogen-bond donors (Lipinski definition) is 1. The van der Waals surface area contributed by atoms with Crippen molar-refractivity contribution in [3.05, 3.63) is 17.3 Å². The van der Waals surface area contributed by atoms with Crippen molar-refractivity contribution in [3.8, 4) is 0 Å². The number of aromatic nitrogens is 1. The Balaban J connectivity index is 3.26. The molecule has 0 aliphatic rings. The van der Waals surface area contributed by atoms with Crippen molar-refractivity contribution in [2.24, 2.45) is 0 Å². The molecule has 78 valence electrons. The van der Waals surface area contributed by atoms with Crippen LogP contribution in [-0.2, 0) is 12.6 Å². The molecule has 14 heavy (non-hydrogen) atoms. The van der Waals surface area contributed by atoms with Crippen LogP contribution in [0.4, 0.5) is 13.2 Å². The largest absolute Gasteiger partial charge is 0.475 e. The second-order valence-electron chi connectivity index (χ2n) is 2.44. The Bertz CT molecular complexity index is 356. The molecular formula is C7H6F3NO3. The van der Waals surface area contributed by atoms with E-state index in [0.29, 0.717) is 0 Å². The van der Waals surface area contributed by atoms with E-state index < -0.39 is 23.6 Å². The van der Waals surface area contributed by atoms with Gasteiger partial charge in [-0.15, -0.1) is 0 Å². The van der Waals surface area contributed by atoms with Gasteiger partial charge in [-0.05, 0) is 0 Å². The first-order chi connectivity index (χ1) is 6.36. The third kappa shape index (κ3) is 1.86. The Morgan fingerprint density at radius 3 is 2.43 bits per heavy atom. The highest BCUT2D eigenvalue weighted by Gasteiger charge is 2.40. The molecule has 1 heterocycles. The van der Waals surface area contributed by atoms with E-state index in [0.717, 1.165) is 0 Å². The zero-order chi connectivity index (χ0) is 10.9. The van der Waals surface area contributed by atoms with E-state index in [1.54, 1.807) is 0 Å². The third-order valence-corrected chi connectivity index (χ3v) is 1.44. The van der Waals surface area contributed by atoms with E-state index in [-0.39, 0.29) is 12.3 Å². The van der Waals surface area contributed by atoms with Crippen LogP contribution in [0.3, 0.4) is 0 Å². The molecule has 1 aromatic rings. The van der Waals surface area contributed by atoms with Gasteiger partial charge in [0, 0.05) is 6.42 Å². The summed E-state index contributed by atoms with van der Waals surface area (Å²) in [5.41, 5.74) is -1.48. The molecule has 0 saturated heterocycles. The summed E-state index contributed by atoms with van der Waals surface area (Å²) in [7, 11) is 0. The fourth-order valence-corrected chi connectivity index (χ4v) is 0.853. The maximum Gasteiger partial charge on any atom is 0.437 e. The zero-order valence-electron chi connectivity index (χ0n) is 7.05. The second kappa shape index (κ2) is 3.32. The number of hydrogen-bond acceptors (Lipinski definition) is 3. The molecule has 0 radical (unpaired) electrons. The Morgan fingerprint density at radius 1 is 1.57 bits per heavy atom. The van der Waals surface area contributed by atoms with E-state index in [2.05, 4.69) is 9.40 Å². The van der Waals surface area contributed by atoms with Crippen LogP contribution in [0.5, 0.6) is 0 Å². The summed E-state index contributed by atoms with van der Waals surface area (Å²) < 4.78 is 40.9. The van der Waals surface area contributed by atoms with Gasteiger partial charge in [-0.1, -0.05) is 6.92 Å². The average molecular weight is 209 g/mol. The molecule has 0 unspecified atom stereocenters. The van der Waals surface area contributed by atoms with Crippen molar-refractivity contribution >= 4 is 5.97 Å². The standard InChI is InChI=1S/C7H6F3NO3/c1-2-3-11-5(7(8,9)10)4(14-3)6(12)13/h2H2,1H3,(H,12,13). The fraction of sp³-hybridized carbons (Fsp3) is 0.429. The van der Waals surface area contributed by atoms with Gasteiger partial charge in [-0.25, -0.2) is 9.78 Å². The average Bonchev–Trinajstić information content (AvgIpc) is 2.46. The second-order valence-corrected chi connectivity index (χ2v) is 2.44. The molecule has 4 nitrogen and oxygen atoms in total. The molecule has 0 bridgehead atoms. The van der Waals surface area contributed by atoms with E-state index >= 15 is 0 Å².